The second kappa shape index (κ2) is 11.8. The number of nitrogens with one attached hydrogen (secondary N) is 1. The SMILES string of the molecule is CNC(=O)[C@H](Cc1ccccc1)N(Cc1ccc(Br)cc1)C(=O)CCCN1C(=O)c2cccc3cccc1c23. The summed E-state index contributed by atoms with van der Waals surface area (Å²) in [6, 6.07) is 28.5. The van der Waals surface area contributed by atoms with Crippen molar-refractivity contribution in [1.29, 1.82) is 0 Å². The molecule has 7 heteroatoms. The van der Waals surface area contributed by atoms with Gasteiger partial charge in [0, 0.05) is 48.4 Å². The molecule has 4 aromatic rings. The number of carbonyl (C=O) groups is 3. The summed E-state index contributed by atoms with van der Waals surface area (Å²) in [5, 5.41) is 4.75. The second-order valence-corrected chi connectivity index (χ2v) is 10.6. The minimum absolute atomic E-state index is 0.0340. The number of anilines is 1. The van der Waals surface area contributed by atoms with Crippen molar-refractivity contribution in [2.75, 3.05) is 18.5 Å². The molecule has 0 saturated carbocycles. The van der Waals surface area contributed by atoms with E-state index in [1.165, 1.54) is 0 Å². The summed E-state index contributed by atoms with van der Waals surface area (Å²) in [6.45, 7) is 0.734. The van der Waals surface area contributed by atoms with Gasteiger partial charge in [0.1, 0.15) is 6.04 Å². The van der Waals surface area contributed by atoms with Crippen LogP contribution in [0, 0.1) is 0 Å². The van der Waals surface area contributed by atoms with Gasteiger partial charge in [-0.25, -0.2) is 0 Å². The molecule has 0 unspecified atom stereocenters. The van der Waals surface area contributed by atoms with Gasteiger partial charge in [-0.1, -0.05) is 82.7 Å². The van der Waals surface area contributed by atoms with Crippen LogP contribution in [0.1, 0.15) is 34.3 Å². The molecule has 39 heavy (non-hydrogen) atoms. The highest BCUT2D eigenvalue weighted by Gasteiger charge is 2.31. The summed E-state index contributed by atoms with van der Waals surface area (Å²) in [7, 11) is 1.60. The predicted molar refractivity (Wildman–Crippen MR) is 158 cm³/mol. The van der Waals surface area contributed by atoms with E-state index in [-0.39, 0.29) is 24.1 Å². The van der Waals surface area contributed by atoms with Gasteiger partial charge >= 0.3 is 0 Å². The third-order valence-corrected chi connectivity index (χ3v) is 7.73. The number of amides is 3. The van der Waals surface area contributed by atoms with Crippen LogP contribution in [0.5, 0.6) is 0 Å². The molecule has 1 atom stereocenters. The molecule has 5 rings (SSSR count). The van der Waals surface area contributed by atoms with E-state index in [1.54, 1.807) is 16.8 Å². The molecule has 0 saturated heterocycles. The molecular weight excluding hydrogens is 554 g/mol. The Morgan fingerprint density at radius 3 is 2.33 bits per heavy atom. The van der Waals surface area contributed by atoms with E-state index < -0.39 is 6.04 Å². The normalized spacial score (nSPS) is 13.0. The van der Waals surface area contributed by atoms with Crippen LogP contribution in [-0.2, 0) is 22.6 Å². The topological polar surface area (TPSA) is 69.7 Å². The molecule has 4 aromatic carbocycles. The highest BCUT2D eigenvalue weighted by atomic mass is 79.9. The van der Waals surface area contributed by atoms with Crippen LogP contribution in [0.2, 0.25) is 0 Å². The van der Waals surface area contributed by atoms with E-state index in [0.29, 0.717) is 31.5 Å². The largest absolute Gasteiger partial charge is 0.357 e. The Morgan fingerprint density at radius 2 is 1.62 bits per heavy atom. The van der Waals surface area contributed by atoms with Crippen molar-refractivity contribution < 1.29 is 14.4 Å². The number of likely N-dealkylation sites (N-methyl/N-ethyl adjacent to an activating group) is 1. The molecule has 1 aliphatic rings. The van der Waals surface area contributed by atoms with E-state index in [4.69, 9.17) is 0 Å². The van der Waals surface area contributed by atoms with Crippen LogP contribution < -0.4 is 10.2 Å². The lowest BCUT2D eigenvalue weighted by atomic mass is 10.0. The molecule has 198 valence electrons. The summed E-state index contributed by atoms with van der Waals surface area (Å²) in [5.74, 6) is -0.362. The standard InChI is InChI=1S/C32H30BrN3O3/c1-34-31(38)28(20-22-8-3-2-4-9-22)36(21-23-15-17-25(33)18-16-23)29(37)14-7-19-35-27-13-6-11-24-10-5-12-26(30(24)27)32(35)39/h2-6,8-13,15-18,28H,7,14,19-21H2,1H3,(H,34,38)/t28-/m0/s1. The van der Waals surface area contributed by atoms with E-state index in [9.17, 15) is 14.4 Å². The highest BCUT2D eigenvalue weighted by molar-refractivity contribution is 9.10. The fraction of sp³-hybridized carbons (Fsp3) is 0.219. The van der Waals surface area contributed by atoms with Crippen LogP contribution >= 0.6 is 15.9 Å². The van der Waals surface area contributed by atoms with Gasteiger partial charge in [-0.05, 0) is 47.2 Å². The summed E-state index contributed by atoms with van der Waals surface area (Å²) in [5.41, 5.74) is 3.51. The minimum Gasteiger partial charge on any atom is -0.357 e. The first-order valence-electron chi connectivity index (χ1n) is 13.1. The zero-order chi connectivity index (χ0) is 27.4. The number of carbonyl (C=O) groups excluding carboxylic acids is 3. The average molecular weight is 585 g/mol. The van der Waals surface area contributed by atoms with E-state index in [1.807, 2.05) is 91.0 Å². The predicted octanol–water partition coefficient (Wildman–Crippen LogP) is 5.73. The van der Waals surface area contributed by atoms with Gasteiger partial charge in [0.2, 0.25) is 11.8 Å². The molecule has 6 nitrogen and oxygen atoms in total. The number of benzene rings is 4. The Morgan fingerprint density at radius 1 is 0.897 bits per heavy atom. The maximum absolute atomic E-state index is 13.8. The maximum atomic E-state index is 13.8. The minimum atomic E-state index is -0.667. The first kappa shape index (κ1) is 26.6. The number of nitrogens with zero attached hydrogens (tertiary/aromatic N) is 2. The Kier molecular flexibility index (Phi) is 8.07. The first-order valence-corrected chi connectivity index (χ1v) is 13.9. The number of hydrogen-bond donors (Lipinski definition) is 1. The molecule has 1 heterocycles. The smallest absolute Gasteiger partial charge is 0.258 e. The van der Waals surface area contributed by atoms with Gasteiger partial charge in [0.25, 0.3) is 5.91 Å². The van der Waals surface area contributed by atoms with Gasteiger partial charge in [-0.15, -0.1) is 0 Å². The second-order valence-electron chi connectivity index (χ2n) is 9.71. The fourth-order valence-electron chi connectivity index (χ4n) is 5.24. The average Bonchev–Trinajstić information content (AvgIpc) is 3.24. The fourth-order valence-corrected chi connectivity index (χ4v) is 5.50. The first-order chi connectivity index (χ1) is 19.0. The maximum Gasteiger partial charge on any atom is 0.258 e. The number of hydrogen-bond acceptors (Lipinski definition) is 3. The van der Waals surface area contributed by atoms with Crippen molar-refractivity contribution in [3.63, 3.8) is 0 Å². The van der Waals surface area contributed by atoms with Crippen LogP contribution in [-0.4, -0.2) is 42.3 Å². The lowest BCUT2D eigenvalue weighted by Crippen LogP contribution is -2.49. The molecule has 0 bridgehead atoms. The third kappa shape index (κ3) is 5.73. The summed E-state index contributed by atoms with van der Waals surface area (Å²) < 4.78 is 0.947. The molecule has 0 spiro atoms. The number of rotatable bonds is 10. The molecular formula is C32H30BrN3O3. The number of halogens is 1. The van der Waals surface area contributed by atoms with Crippen molar-refractivity contribution in [2.45, 2.75) is 31.8 Å². The molecule has 0 aromatic heterocycles. The zero-order valence-electron chi connectivity index (χ0n) is 21.8. The molecule has 3 amide bonds. The van der Waals surface area contributed by atoms with Gasteiger partial charge in [0.05, 0.1) is 5.69 Å². The van der Waals surface area contributed by atoms with Gasteiger partial charge in [-0.2, -0.15) is 0 Å². The summed E-state index contributed by atoms with van der Waals surface area (Å²) >= 11 is 3.46. The van der Waals surface area contributed by atoms with E-state index in [2.05, 4.69) is 21.2 Å². The lowest BCUT2D eigenvalue weighted by molar-refractivity contribution is -0.141. The van der Waals surface area contributed by atoms with Crippen LogP contribution in [0.3, 0.4) is 0 Å². The van der Waals surface area contributed by atoms with Crippen molar-refractivity contribution in [3.05, 3.63) is 112 Å². The van der Waals surface area contributed by atoms with Crippen LogP contribution in [0.4, 0.5) is 5.69 Å². The molecule has 1 aliphatic heterocycles. The Balaban J connectivity index is 1.35. The zero-order valence-corrected chi connectivity index (χ0v) is 23.4. The quantitative estimate of drug-likeness (QED) is 0.259. The van der Waals surface area contributed by atoms with Gasteiger partial charge in [0.15, 0.2) is 0 Å². The van der Waals surface area contributed by atoms with Crippen molar-refractivity contribution in [2.24, 2.45) is 0 Å². The lowest BCUT2D eigenvalue weighted by Gasteiger charge is -2.31. The summed E-state index contributed by atoms with van der Waals surface area (Å²) in [4.78, 5) is 43.5. The van der Waals surface area contributed by atoms with Crippen molar-refractivity contribution in [3.8, 4) is 0 Å². The highest BCUT2D eigenvalue weighted by Crippen LogP contribution is 2.37. The van der Waals surface area contributed by atoms with E-state index in [0.717, 1.165) is 32.1 Å². The van der Waals surface area contributed by atoms with Gasteiger partial charge < -0.3 is 15.1 Å². The van der Waals surface area contributed by atoms with E-state index >= 15 is 0 Å². The Labute approximate surface area is 236 Å². The molecule has 0 fully saturated rings. The molecule has 1 N–H and O–H groups in total. The van der Waals surface area contributed by atoms with Crippen molar-refractivity contribution in [1.82, 2.24) is 10.2 Å². The third-order valence-electron chi connectivity index (χ3n) is 7.21. The molecule has 0 aliphatic carbocycles. The Hall–Kier alpha value is -3.97. The summed E-state index contributed by atoms with van der Waals surface area (Å²) in [6.07, 6.45) is 1.11. The molecule has 0 radical (unpaired) electrons. The van der Waals surface area contributed by atoms with Crippen molar-refractivity contribution >= 4 is 50.1 Å². The van der Waals surface area contributed by atoms with Crippen LogP contribution in [0.15, 0.2) is 95.5 Å². The Bertz CT molecular complexity index is 1500. The van der Waals surface area contributed by atoms with Crippen LogP contribution in [0.25, 0.3) is 10.8 Å². The monoisotopic (exact) mass is 583 g/mol. The van der Waals surface area contributed by atoms with Gasteiger partial charge in [-0.3, -0.25) is 14.4 Å².